The Balaban J connectivity index is 1.80. The van der Waals surface area contributed by atoms with E-state index in [4.69, 9.17) is 10.2 Å². The van der Waals surface area contributed by atoms with Crippen LogP contribution in [0.15, 0.2) is 33.6 Å². The number of carboxylic acid groups (broad SMARTS) is 1. The van der Waals surface area contributed by atoms with Gasteiger partial charge in [0.2, 0.25) is 16.9 Å². The normalized spacial score (nSPS) is 15.7. The maximum Gasteiger partial charge on any atom is 0.339 e. The summed E-state index contributed by atoms with van der Waals surface area (Å²) in [6, 6.07) is 2.92. The van der Waals surface area contributed by atoms with Crippen molar-refractivity contribution in [3.05, 3.63) is 45.8 Å². The molecule has 3 N–H and O–H groups in total. The Morgan fingerprint density at radius 2 is 1.93 bits per heavy atom. The molecular weight excluding hydrogens is 346 g/mol. The van der Waals surface area contributed by atoms with Crippen LogP contribution in [0.1, 0.15) is 48.0 Å². The number of nitrogens with two attached hydrogens (primary N) is 1. The topological polar surface area (TPSA) is 119 Å². The first-order valence-electron chi connectivity index (χ1n) is 8.97. The first-order chi connectivity index (χ1) is 13.0. The standard InChI is InChI=1S/C20H19N3O4/c21-17-15(20(25)26)9-14-16(24)13-8-12(7-6-11-4-2-1-3-5-11)10-22-18(13)27-19(14)23-17/h6-11H,1-5H2,(H2,21,23)(H,25,26)/b7-6+. The third-order valence-corrected chi connectivity index (χ3v) is 5.01. The predicted molar refractivity (Wildman–Crippen MR) is 103 cm³/mol. The van der Waals surface area contributed by atoms with Crippen molar-refractivity contribution in [2.75, 3.05) is 5.73 Å². The van der Waals surface area contributed by atoms with Crippen molar-refractivity contribution in [1.82, 2.24) is 9.97 Å². The number of hydrogen-bond acceptors (Lipinski definition) is 6. The van der Waals surface area contributed by atoms with Gasteiger partial charge in [-0.1, -0.05) is 31.4 Å². The molecule has 3 aromatic heterocycles. The Labute approximate surface area is 154 Å². The van der Waals surface area contributed by atoms with E-state index in [9.17, 15) is 14.7 Å². The molecule has 0 unspecified atom stereocenters. The molecule has 1 fully saturated rings. The number of anilines is 1. The summed E-state index contributed by atoms with van der Waals surface area (Å²) in [7, 11) is 0. The van der Waals surface area contributed by atoms with Crippen LogP contribution in [-0.2, 0) is 0 Å². The Morgan fingerprint density at radius 3 is 2.67 bits per heavy atom. The van der Waals surface area contributed by atoms with E-state index in [0.29, 0.717) is 5.92 Å². The highest BCUT2D eigenvalue weighted by Crippen LogP contribution is 2.26. The van der Waals surface area contributed by atoms with Crippen LogP contribution >= 0.6 is 0 Å². The molecule has 0 bridgehead atoms. The van der Waals surface area contributed by atoms with Crippen molar-refractivity contribution in [3.63, 3.8) is 0 Å². The SMILES string of the molecule is Nc1nc2oc3ncc(/C=C/C4CCCCC4)cc3c(=O)c2cc1C(=O)O. The second-order valence-corrected chi connectivity index (χ2v) is 6.89. The Bertz CT molecular complexity index is 1130. The second-order valence-electron chi connectivity index (χ2n) is 6.89. The van der Waals surface area contributed by atoms with Crippen molar-refractivity contribution in [1.29, 1.82) is 0 Å². The minimum atomic E-state index is -1.25. The molecule has 1 aliphatic carbocycles. The van der Waals surface area contributed by atoms with E-state index in [-0.39, 0.29) is 39.0 Å². The average Bonchev–Trinajstić information content (AvgIpc) is 2.67. The number of nitrogen functional groups attached to an aromatic ring is 1. The van der Waals surface area contributed by atoms with Crippen LogP contribution in [-0.4, -0.2) is 21.0 Å². The molecule has 3 heterocycles. The number of nitrogens with zero attached hydrogens (tertiary/aromatic N) is 2. The summed E-state index contributed by atoms with van der Waals surface area (Å²) in [5.74, 6) is -0.888. The van der Waals surface area contributed by atoms with Crippen molar-refractivity contribution in [2.24, 2.45) is 5.92 Å². The van der Waals surface area contributed by atoms with Crippen LogP contribution in [0, 0.1) is 5.92 Å². The number of aromatic carboxylic acids is 1. The molecule has 0 amide bonds. The molecule has 138 valence electrons. The number of hydrogen-bond donors (Lipinski definition) is 2. The van der Waals surface area contributed by atoms with E-state index in [1.807, 2.05) is 6.08 Å². The summed E-state index contributed by atoms with van der Waals surface area (Å²) in [6.45, 7) is 0. The molecule has 0 saturated heterocycles. The van der Waals surface area contributed by atoms with Gasteiger partial charge < -0.3 is 15.3 Å². The lowest BCUT2D eigenvalue weighted by Gasteiger charge is -2.17. The van der Waals surface area contributed by atoms with E-state index in [1.165, 1.54) is 38.2 Å². The molecule has 0 atom stereocenters. The molecule has 1 aliphatic rings. The van der Waals surface area contributed by atoms with E-state index < -0.39 is 5.97 Å². The van der Waals surface area contributed by atoms with Gasteiger partial charge in [-0.05, 0) is 36.5 Å². The van der Waals surface area contributed by atoms with Gasteiger partial charge in [-0.15, -0.1) is 0 Å². The third kappa shape index (κ3) is 3.28. The second kappa shape index (κ2) is 6.83. The Kier molecular flexibility index (Phi) is 4.35. The van der Waals surface area contributed by atoms with Crippen LogP contribution in [0.3, 0.4) is 0 Å². The molecule has 4 rings (SSSR count). The van der Waals surface area contributed by atoms with Gasteiger partial charge >= 0.3 is 5.97 Å². The number of pyridine rings is 2. The van der Waals surface area contributed by atoms with Gasteiger partial charge in [-0.25, -0.2) is 9.78 Å². The fraction of sp³-hybridized carbons (Fsp3) is 0.300. The number of rotatable bonds is 3. The van der Waals surface area contributed by atoms with Crippen molar-refractivity contribution in [3.8, 4) is 0 Å². The van der Waals surface area contributed by atoms with Crippen molar-refractivity contribution >= 4 is 40.1 Å². The highest BCUT2D eigenvalue weighted by Gasteiger charge is 2.17. The van der Waals surface area contributed by atoms with E-state index in [0.717, 1.165) is 5.56 Å². The van der Waals surface area contributed by atoms with Crippen LogP contribution in [0.4, 0.5) is 5.82 Å². The van der Waals surface area contributed by atoms with Gasteiger partial charge in [0.1, 0.15) is 11.4 Å². The summed E-state index contributed by atoms with van der Waals surface area (Å²) < 4.78 is 5.57. The fourth-order valence-corrected chi connectivity index (χ4v) is 3.54. The monoisotopic (exact) mass is 365 g/mol. The molecule has 7 nitrogen and oxygen atoms in total. The van der Waals surface area contributed by atoms with Crippen LogP contribution < -0.4 is 11.2 Å². The summed E-state index contributed by atoms with van der Waals surface area (Å²) in [5, 5.41) is 9.55. The first-order valence-corrected chi connectivity index (χ1v) is 8.97. The lowest BCUT2D eigenvalue weighted by Crippen LogP contribution is -2.10. The molecule has 3 aromatic rings. The fourth-order valence-electron chi connectivity index (χ4n) is 3.54. The summed E-state index contributed by atoms with van der Waals surface area (Å²) in [6.07, 6.45) is 12.0. The van der Waals surface area contributed by atoms with Crippen LogP contribution in [0.25, 0.3) is 28.3 Å². The molecule has 27 heavy (non-hydrogen) atoms. The van der Waals surface area contributed by atoms with Gasteiger partial charge in [0.15, 0.2) is 0 Å². The van der Waals surface area contributed by atoms with E-state index in [2.05, 4.69) is 16.0 Å². The average molecular weight is 365 g/mol. The van der Waals surface area contributed by atoms with Crippen LogP contribution in [0.5, 0.6) is 0 Å². The highest BCUT2D eigenvalue weighted by atomic mass is 16.4. The summed E-state index contributed by atoms with van der Waals surface area (Å²) in [5.41, 5.74) is 5.97. The Morgan fingerprint density at radius 1 is 1.19 bits per heavy atom. The maximum absolute atomic E-state index is 12.8. The number of aromatic nitrogens is 2. The van der Waals surface area contributed by atoms with Crippen molar-refractivity contribution < 1.29 is 14.3 Å². The summed E-state index contributed by atoms with van der Waals surface area (Å²) >= 11 is 0. The van der Waals surface area contributed by atoms with Gasteiger partial charge in [0.25, 0.3) is 0 Å². The van der Waals surface area contributed by atoms with Gasteiger partial charge in [0.05, 0.1) is 10.8 Å². The minimum Gasteiger partial charge on any atom is -0.478 e. The predicted octanol–water partition coefficient (Wildman–Crippen LogP) is 3.61. The first kappa shape index (κ1) is 17.2. The molecule has 1 saturated carbocycles. The zero-order chi connectivity index (χ0) is 19.0. The molecular formula is C20H19N3O4. The van der Waals surface area contributed by atoms with Gasteiger partial charge in [-0.3, -0.25) is 4.79 Å². The smallest absolute Gasteiger partial charge is 0.339 e. The molecule has 0 aliphatic heterocycles. The molecule has 7 heteroatoms. The van der Waals surface area contributed by atoms with Gasteiger partial charge in [-0.2, -0.15) is 4.98 Å². The van der Waals surface area contributed by atoms with Crippen LogP contribution in [0.2, 0.25) is 0 Å². The number of carbonyl (C=O) groups is 1. The molecule has 0 radical (unpaired) electrons. The zero-order valence-corrected chi connectivity index (χ0v) is 14.6. The lowest BCUT2D eigenvalue weighted by atomic mass is 9.89. The van der Waals surface area contributed by atoms with E-state index >= 15 is 0 Å². The summed E-state index contributed by atoms with van der Waals surface area (Å²) in [4.78, 5) is 32.2. The minimum absolute atomic E-state index is 0.0204. The highest BCUT2D eigenvalue weighted by molar-refractivity contribution is 5.98. The molecule has 0 aromatic carbocycles. The Hall–Kier alpha value is -3.22. The maximum atomic E-state index is 12.8. The third-order valence-electron chi connectivity index (χ3n) is 5.01. The zero-order valence-electron chi connectivity index (χ0n) is 14.6. The largest absolute Gasteiger partial charge is 0.478 e. The van der Waals surface area contributed by atoms with E-state index in [1.54, 1.807) is 12.3 Å². The quantitative estimate of drug-likeness (QED) is 0.680. The number of allylic oxidation sites excluding steroid dienone is 1. The van der Waals surface area contributed by atoms with Gasteiger partial charge in [0, 0.05) is 6.20 Å². The number of fused-ring (bicyclic) bond motifs is 2. The van der Waals surface area contributed by atoms with Crippen molar-refractivity contribution in [2.45, 2.75) is 32.1 Å². The molecule has 0 spiro atoms. The lowest BCUT2D eigenvalue weighted by molar-refractivity contribution is 0.0698. The number of carboxylic acids is 1.